The summed E-state index contributed by atoms with van der Waals surface area (Å²) in [5, 5.41) is 9.73. The van der Waals surface area contributed by atoms with E-state index in [1.165, 1.54) is 11.0 Å². The number of hydrogen-bond donors (Lipinski definition) is 1. The van der Waals surface area contributed by atoms with E-state index >= 15 is 0 Å². The van der Waals surface area contributed by atoms with E-state index in [0.717, 1.165) is 0 Å². The van der Waals surface area contributed by atoms with Gasteiger partial charge in [0.25, 0.3) is 0 Å². The predicted molar refractivity (Wildman–Crippen MR) is 87.5 cm³/mol. The van der Waals surface area contributed by atoms with Crippen LogP contribution in [-0.4, -0.2) is 30.3 Å². The first-order valence-corrected chi connectivity index (χ1v) is 7.82. The Kier molecular flexibility index (Phi) is 6.97. The minimum Gasteiger partial charge on any atom is -0.478 e. The molecule has 1 aromatic rings. The third-order valence-corrected chi connectivity index (χ3v) is 4.00. The molecule has 0 aliphatic carbocycles. The maximum Gasteiger partial charge on any atom is 0.414 e. The SMILES string of the molecule is CCCOC(=O)N(CC)c1c(C(=O)O)cc(CC)c(Cl)c1Cl. The number of carbonyl (C=O) groups is 2. The maximum absolute atomic E-state index is 12.1. The van der Waals surface area contributed by atoms with Crippen LogP contribution in [0.15, 0.2) is 6.07 Å². The van der Waals surface area contributed by atoms with Crippen LogP contribution < -0.4 is 4.90 Å². The standard InChI is InChI=1S/C15H19Cl2NO4/c1-4-7-22-15(21)18(6-3)13-10(14(19)20)8-9(5-2)11(16)12(13)17/h8H,4-7H2,1-3H3,(H,19,20). The lowest BCUT2D eigenvalue weighted by molar-refractivity contribution is 0.0697. The van der Waals surface area contributed by atoms with Gasteiger partial charge in [-0.25, -0.2) is 9.59 Å². The number of carboxylic acids is 1. The Morgan fingerprint density at radius 3 is 2.32 bits per heavy atom. The molecule has 0 saturated carbocycles. The number of aromatic carboxylic acids is 1. The van der Waals surface area contributed by atoms with E-state index < -0.39 is 12.1 Å². The van der Waals surface area contributed by atoms with Crippen molar-refractivity contribution in [2.45, 2.75) is 33.6 Å². The molecule has 0 aliphatic heterocycles. The van der Waals surface area contributed by atoms with Crippen molar-refractivity contribution >= 4 is 41.0 Å². The van der Waals surface area contributed by atoms with Crippen molar-refractivity contribution in [1.82, 2.24) is 0 Å². The van der Waals surface area contributed by atoms with Crippen molar-refractivity contribution in [2.75, 3.05) is 18.1 Å². The van der Waals surface area contributed by atoms with Crippen LogP contribution in [0.5, 0.6) is 0 Å². The number of amides is 1. The van der Waals surface area contributed by atoms with Crippen LogP contribution in [0, 0.1) is 0 Å². The topological polar surface area (TPSA) is 66.8 Å². The van der Waals surface area contributed by atoms with E-state index in [1.54, 1.807) is 6.92 Å². The zero-order chi connectivity index (χ0) is 16.9. The lowest BCUT2D eigenvalue weighted by Gasteiger charge is -2.24. The lowest BCUT2D eigenvalue weighted by Crippen LogP contribution is -2.33. The van der Waals surface area contributed by atoms with Gasteiger partial charge in [0.2, 0.25) is 0 Å². The number of carboxylic acid groups (broad SMARTS) is 1. The van der Waals surface area contributed by atoms with Crippen LogP contribution in [0.3, 0.4) is 0 Å². The minimum atomic E-state index is -1.18. The Bertz CT molecular complexity index is 575. The second-order valence-corrected chi connectivity index (χ2v) is 5.33. The molecule has 7 heteroatoms. The van der Waals surface area contributed by atoms with Crippen molar-refractivity contribution in [3.63, 3.8) is 0 Å². The number of nitrogens with zero attached hydrogens (tertiary/aromatic N) is 1. The monoisotopic (exact) mass is 347 g/mol. The molecular formula is C15H19Cl2NO4. The molecule has 0 fully saturated rings. The number of halogens is 2. The number of hydrogen-bond acceptors (Lipinski definition) is 3. The molecule has 0 unspecified atom stereocenters. The van der Waals surface area contributed by atoms with Crippen LogP contribution in [-0.2, 0) is 11.2 Å². The molecule has 1 N–H and O–H groups in total. The molecule has 1 rings (SSSR count). The summed E-state index contributed by atoms with van der Waals surface area (Å²) in [6.07, 6.45) is 0.554. The largest absolute Gasteiger partial charge is 0.478 e. The molecule has 0 atom stereocenters. The molecule has 0 spiro atoms. The molecule has 1 aromatic carbocycles. The van der Waals surface area contributed by atoms with E-state index in [-0.39, 0.29) is 34.4 Å². The summed E-state index contributed by atoms with van der Waals surface area (Å²) < 4.78 is 5.08. The Hall–Kier alpha value is -1.46. The molecular weight excluding hydrogens is 329 g/mol. The molecule has 0 aliphatic rings. The number of ether oxygens (including phenoxy) is 1. The normalized spacial score (nSPS) is 10.4. The van der Waals surface area contributed by atoms with Gasteiger partial charge in [0.05, 0.1) is 27.9 Å². The van der Waals surface area contributed by atoms with Crippen LogP contribution >= 0.6 is 23.2 Å². The van der Waals surface area contributed by atoms with Crippen molar-refractivity contribution in [2.24, 2.45) is 0 Å². The average Bonchev–Trinajstić information content (AvgIpc) is 2.49. The van der Waals surface area contributed by atoms with E-state index in [4.69, 9.17) is 27.9 Å². The van der Waals surface area contributed by atoms with Gasteiger partial charge < -0.3 is 9.84 Å². The fourth-order valence-electron chi connectivity index (χ4n) is 2.00. The number of carbonyl (C=O) groups excluding carboxylic acids is 1. The number of rotatable bonds is 6. The van der Waals surface area contributed by atoms with Gasteiger partial charge in [-0.05, 0) is 31.4 Å². The van der Waals surface area contributed by atoms with Gasteiger partial charge in [-0.2, -0.15) is 0 Å². The summed E-state index contributed by atoms with van der Waals surface area (Å²) in [4.78, 5) is 24.9. The summed E-state index contributed by atoms with van der Waals surface area (Å²) in [7, 11) is 0. The van der Waals surface area contributed by atoms with Crippen LogP contribution in [0.1, 0.15) is 43.1 Å². The van der Waals surface area contributed by atoms with Crippen LogP contribution in [0.25, 0.3) is 0 Å². The molecule has 0 aromatic heterocycles. The van der Waals surface area contributed by atoms with Gasteiger partial charge in [-0.1, -0.05) is 37.0 Å². The van der Waals surface area contributed by atoms with E-state index in [1.807, 2.05) is 13.8 Å². The summed E-state index contributed by atoms with van der Waals surface area (Å²) in [5.41, 5.74) is 0.618. The van der Waals surface area contributed by atoms with Gasteiger partial charge in [0, 0.05) is 6.54 Å². The first kappa shape index (κ1) is 18.6. The second-order valence-electron chi connectivity index (χ2n) is 4.58. The summed E-state index contributed by atoms with van der Waals surface area (Å²) in [5.74, 6) is -1.18. The van der Waals surface area contributed by atoms with Crippen molar-refractivity contribution in [3.05, 3.63) is 27.2 Å². The summed E-state index contributed by atoms with van der Waals surface area (Å²) >= 11 is 12.4. The highest BCUT2D eigenvalue weighted by Gasteiger charge is 2.27. The highest BCUT2D eigenvalue weighted by atomic mass is 35.5. The van der Waals surface area contributed by atoms with E-state index in [0.29, 0.717) is 18.4 Å². The van der Waals surface area contributed by atoms with E-state index in [9.17, 15) is 14.7 Å². The van der Waals surface area contributed by atoms with Crippen molar-refractivity contribution in [1.29, 1.82) is 0 Å². The molecule has 122 valence electrons. The average molecular weight is 348 g/mol. The molecule has 0 radical (unpaired) electrons. The third-order valence-electron chi connectivity index (χ3n) is 3.10. The Morgan fingerprint density at radius 1 is 1.23 bits per heavy atom. The van der Waals surface area contributed by atoms with Crippen LogP contribution in [0.4, 0.5) is 10.5 Å². The number of benzene rings is 1. The highest BCUT2D eigenvalue weighted by Crippen LogP contribution is 2.39. The predicted octanol–water partition coefficient (Wildman–Crippen LogP) is 4.63. The van der Waals surface area contributed by atoms with Gasteiger partial charge in [-0.15, -0.1) is 0 Å². The van der Waals surface area contributed by atoms with Crippen molar-refractivity contribution in [3.8, 4) is 0 Å². The first-order valence-electron chi connectivity index (χ1n) is 7.07. The minimum absolute atomic E-state index is 0.0497. The summed E-state index contributed by atoms with van der Waals surface area (Å²) in [6, 6.07) is 1.45. The summed E-state index contributed by atoms with van der Waals surface area (Å²) in [6.45, 7) is 5.87. The molecule has 5 nitrogen and oxygen atoms in total. The highest BCUT2D eigenvalue weighted by molar-refractivity contribution is 6.45. The first-order chi connectivity index (χ1) is 10.4. The Morgan fingerprint density at radius 2 is 1.86 bits per heavy atom. The molecule has 0 saturated heterocycles. The molecule has 0 bridgehead atoms. The van der Waals surface area contributed by atoms with Gasteiger partial charge >= 0.3 is 12.1 Å². The van der Waals surface area contributed by atoms with E-state index in [2.05, 4.69) is 0 Å². The third kappa shape index (κ3) is 3.84. The van der Waals surface area contributed by atoms with Gasteiger partial charge in [0.15, 0.2) is 0 Å². The lowest BCUT2D eigenvalue weighted by atomic mass is 10.1. The smallest absolute Gasteiger partial charge is 0.414 e. The maximum atomic E-state index is 12.1. The Balaban J connectivity index is 3.45. The van der Waals surface area contributed by atoms with Gasteiger partial charge in [0.1, 0.15) is 0 Å². The quantitative estimate of drug-likeness (QED) is 0.814. The zero-order valence-electron chi connectivity index (χ0n) is 12.8. The Labute approximate surface area is 139 Å². The van der Waals surface area contributed by atoms with Crippen molar-refractivity contribution < 1.29 is 19.4 Å². The molecule has 22 heavy (non-hydrogen) atoms. The molecule has 0 heterocycles. The molecule has 1 amide bonds. The van der Waals surface area contributed by atoms with Gasteiger partial charge in [-0.3, -0.25) is 4.90 Å². The number of anilines is 1. The number of aryl methyl sites for hydroxylation is 1. The zero-order valence-corrected chi connectivity index (χ0v) is 14.3. The fourth-order valence-corrected chi connectivity index (χ4v) is 2.60. The second kappa shape index (κ2) is 8.25. The fraction of sp³-hybridized carbons (Fsp3) is 0.467. The van der Waals surface area contributed by atoms with Crippen LogP contribution in [0.2, 0.25) is 10.0 Å².